The van der Waals surface area contributed by atoms with E-state index in [4.69, 9.17) is 20.2 Å². The number of aliphatic carboxylic acids is 2. The first-order valence-corrected chi connectivity index (χ1v) is 18.1. The van der Waals surface area contributed by atoms with Gasteiger partial charge >= 0.3 is 11.9 Å². The van der Waals surface area contributed by atoms with Crippen molar-refractivity contribution in [2.75, 3.05) is 24.5 Å². The van der Waals surface area contributed by atoms with Crippen LogP contribution in [-0.2, 0) is 42.1 Å². The number of hydrogen-bond donors (Lipinski definition) is 2. The first-order valence-electron chi connectivity index (χ1n) is 18.1. The number of benzene rings is 3. The van der Waals surface area contributed by atoms with E-state index in [-0.39, 0.29) is 11.4 Å². The van der Waals surface area contributed by atoms with E-state index < -0.39 is 11.9 Å². The number of para-hydroxylation sites is 2. The van der Waals surface area contributed by atoms with Gasteiger partial charge in [0.2, 0.25) is 5.95 Å². The summed E-state index contributed by atoms with van der Waals surface area (Å²) in [6, 6.07) is 26.0. The van der Waals surface area contributed by atoms with E-state index in [1.54, 1.807) is 0 Å². The van der Waals surface area contributed by atoms with Gasteiger partial charge in [-0.3, -0.25) is 9.36 Å². The average Bonchev–Trinajstić information content (AvgIpc) is 3.52. The number of carboxylic acids is 2. The fourth-order valence-corrected chi connectivity index (χ4v) is 7.24. The van der Waals surface area contributed by atoms with Crippen molar-refractivity contribution in [1.82, 2.24) is 24.0 Å². The van der Waals surface area contributed by atoms with Crippen LogP contribution in [0.2, 0.25) is 0 Å². The van der Waals surface area contributed by atoms with Gasteiger partial charge in [0, 0.05) is 68.6 Å². The molecule has 0 spiro atoms. The van der Waals surface area contributed by atoms with Crippen LogP contribution in [0.1, 0.15) is 53.9 Å². The van der Waals surface area contributed by atoms with Gasteiger partial charge in [-0.15, -0.1) is 0 Å². The molecule has 276 valence electrons. The predicted octanol–water partition coefficient (Wildman–Crippen LogP) is 5.85. The quantitative estimate of drug-likeness (QED) is 0.161. The Morgan fingerprint density at radius 2 is 1.55 bits per heavy atom. The molecule has 7 rings (SSSR count). The lowest BCUT2D eigenvalue weighted by molar-refractivity contribution is -0.134. The Hall–Kier alpha value is -5.62. The second-order valence-corrected chi connectivity index (χ2v) is 13.6. The number of carboxylic acid groups (broad SMARTS) is 2. The summed E-state index contributed by atoms with van der Waals surface area (Å²) < 4.78 is 18.0. The lowest BCUT2D eigenvalue weighted by atomic mass is 10.0. The highest BCUT2D eigenvalue weighted by molar-refractivity contribution is 5.89. The fourth-order valence-electron chi connectivity index (χ4n) is 7.24. The maximum Gasteiger partial charge on any atom is 0.328 e. The molecule has 2 aliphatic heterocycles. The van der Waals surface area contributed by atoms with Crippen LogP contribution in [0, 0.1) is 12.7 Å². The maximum atomic E-state index is 13.7. The molecule has 1 saturated heterocycles. The summed E-state index contributed by atoms with van der Waals surface area (Å²) in [5.74, 6) is -0.834. The molecule has 2 aliphatic rings. The highest BCUT2D eigenvalue weighted by Gasteiger charge is 2.29. The van der Waals surface area contributed by atoms with Gasteiger partial charge in [0.1, 0.15) is 11.6 Å². The third-order valence-electron chi connectivity index (χ3n) is 9.97. The van der Waals surface area contributed by atoms with Gasteiger partial charge in [-0.1, -0.05) is 54.6 Å². The molecule has 0 atom stereocenters. The molecule has 4 heterocycles. The number of aromatic nitrogens is 4. The van der Waals surface area contributed by atoms with Crippen molar-refractivity contribution in [3.05, 3.63) is 135 Å². The van der Waals surface area contributed by atoms with Crippen molar-refractivity contribution in [3.63, 3.8) is 0 Å². The zero-order valence-corrected chi connectivity index (χ0v) is 29.9. The Kier molecular flexibility index (Phi) is 12.1. The van der Waals surface area contributed by atoms with Crippen LogP contribution in [0.4, 0.5) is 10.3 Å². The normalized spacial score (nSPS) is 14.8. The molecule has 0 bridgehead atoms. The van der Waals surface area contributed by atoms with Crippen LogP contribution in [0.15, 0.2) is 95.8 Å². The van der Waals surface area contributed by atoms with Crippen molar-refractivity contribution >= 4 is 28.9 Å². The van der Waals surface area contributed by atoms with E-state index in [0.29, 0.717) is 24.7 Å². The summed E-state index contributed by atoms with van der Waals surface area (Å²) in [5.41, 5.74) is 6.27. The van der Waals surface area contributed by atoms with Gasteiger partial charge in [-0.2, -0.15) is 0 Å². The number of imidazole rings is 1. The van der Waals surface area contributed by atoms with Crippen LogP contribution < -0.4 is 10.5 Å². The van der Waals surface area contributed by atoms with E-state index in [0.717, 1.165) is 111 Å². The van der Waals surface area contributed by atoms with Crippen LogP contribution >= 0.6 is 0 Å². The summed E-state index contributed by atoms with van der Waals surface area (Å²) in [5, 5.41) is 15.6. The smallest absolute Gasteiger partial charge is 0.328 e. The first-order chi connectivity index (χ1) is 25.7. The van der Waals surface area contributed by atoms with E-state index in [1.807, 2.05) is 29.7 Å². The van der Waals surface area contributed by atoms with Gasteiger partial charge in [-0.05, 0) is 74.4 Å². The van der Waals surface area contributed by atoms with Crippen LogP contribution in [-0.4, -0.2) is 71.8 Å². The number of carbonyl (C=O) groups is 2. The zero-order valence-electron chi connectivity index (χ0n) is 29.9. The van der Waals surface area contributed by atoms with Crippen molar-refractivity contribution < 1.29 is 24.2 Å². The summed E-state index contributed by atoms with van der Waals surface area (Å²) in [6.07, 6.45) is 6.95. The number of fused-ring (bicyclic) bond motifs is 2. The van der Waals surface area contributed by atoms with Crippen LogP contribution in [0.25, 0.3) is 11.0 Å². The molecule has 2 N–H and O–H groups in total. The molecule has 12 heteroatoms. The summed E-state index contributed by atoms with van der Waals surface area (Å²) >= 11 is 0. The molecule has 11 nitrogen and oxygen atoms in total. The number of nitrogens with zero attached hydrogens (tertiary/aromatic N) is 6. The second-order valence-electron chi connectivity index (χ2n) is 13.6. The molecule has 0 unspecified atom stereocenters. The topological polar surface area (TPSA) is 134 Å². The predicted molar refractivity (Wildman–Crippen MR) is 202 cm³/mol. The summed E-state index contributed by atoms with van der Waals surface area (Å²) in [6.45, 7) is 6.96. The molecule has 53 heavy (non-hydrogen) atoms. The van der Waals surface area contributed by atoms with E-state index in [2.05, 4.69) is 62.9 Å². The number of likely N-dealkylation sites (tertiary alicyclic amines) is 1. The number of halogens is 1. The van der Waals surface area contributed by atoms with Gasteiger partial charge in [-0.25, -0.2) is 23.9 Å². The standard InChI is InChI=1S/C37H41FN6O.C4H4O4/c1-27-32(36(45)42-21-8-7-13-35(42)39-27)20-24-41-22-18-31(19-23-41)43(25-28-9-3-2-4-10-28)37-40-33-11-5-6-12-34(33)44(37)26-29-14-16-30(38)17-15-29;5-3(6)1-2-4(7)8/h2-6,9-12,14-17,31H,7-8,13,18-26H2,1H3;1-2H,(H,5,6)(H,7,8). The van der Waals surface area contributed by atoms with Crippen molar-refractivity contribution in [2.24, 2.45) is 0 Å². The van der Waals surface area contributed by atoms with E-state index in [1.165, 1.54) is 17.7 Å². The van der Waals surface area contributed by atoms with Gasteiger partial charge in [0.15, 0.2) is 0 Å². The molecule has 2 aromatic heterocycles. The number of anilines is 1. The Balaban J connectivity index is 0.000000541. The lowest BCUT2D eigenvalue weighted by Crippen LogP contribution is -2.46. The lowest BCUT2D eigenvalue weighted by Gasteiger charge is -2.39. The number of piperidine rings is 1. The number of aryl methyl sites for hydroxylation is 2. The van der Waals surface area contributed by atoms with Crippen molar-refractivity contribution in [1.29, 1.82) is 0 Å². The maximum absolute atomic E-state index is 13.7. The molecule has 0 saturated carbocycles. The molecule has 0 radical (unpaired) electrons. The Labute approximate surface area is 307 Å². The summed E-state index contributed by atoms with van der Waals surface area (Å²) in [7, 11) is 0. The first kappa shape index (κ1) is 37.1. The Morgan fingerprint density at radius 3 is 2.25 bits per heavy atom. The third kappa shape index (κ3) is 9.44. The van der Waals surface area contributed by atoms with Crippen molar-refractivity contribution in [3.8, 4) is 0 Å². The summed E-state index contributed by atoms with van der Waals surface area (Å²) in [4.78, 5) is 47.4. The largest absolute Gasteiger partial charge is 0.478 e. The molecule has 0 aliphatic carbocycles. The molecule has 3 aromatic carbocycles. The van der Waals surface area contributed by atoms with Crippen LogP contribution in [0.3, 0.4) is 0 Å². The fraction of sp³-hybridized carbons (Fsp3) is 0.341. The average molecular weight is 721 g/mol. The second kappa shape index (κ2) is 17.3. The molecule has 1 fully saturated rings. The highest BCUT2D eigenvalue weighted by Crippen LogP contribution is 2.30. The van der Waals surface area contributed by atoms with Gasteiger partial charge in [0.05, 0.1) is 17.6 Å². The minimum Gasteiger partial charge on any atom is -0.478 e. The molecular weight excluding hydrogens is 675 g/mol. The van der Waals surface area contributed by atoms with Gasteiger partial charge < -0.3 is 24.6 Å². The van der Waals surface area contributed by atoms with E-state index >= 15 is 0 Å². The Morgan fingerprint density at radius 1 is 0.868 bits per heavy atom. The van der Waals surface area contributed by atoms with Crippen LogP contribution in [0.5, 0.6) is 0 Å². The van der Waals surface area contributed by atoms with E-state index in [9.17, 15) is 18.8 Å². The number of hydrogen-bond acceptors (Lipinski definition) is 7. The van der Waals surface area contributed by atoms with Crippen molar-refractivity contribution in [2.45, 2.75) is 71.1 Å². The monoisotopic (exact) mass is 720 g/mol. The zero-order chi connectivity index (χ0) is 37.3. The highest BCUT2D eigenvalue weighted by atomic mass is 19.1. The molecular formula is C41H45FN6O5. The SMILES string of the molecule is Cc1nc2n(c(=O)c1CCN1CCC(N(Cc3ccccc3)c3nc4ccccc4n3Cc3ccc(F)cc3)CC1)CCCC2.O=C(O)C=CC(=O)O. The minimum absolute atomic E-state index is 0.168. The Bertz CT molecular complexity index is 2100. The molecule has 5 aromatic rings. The van der Waals surface area contributed by atoms with Gasteiger partial charge in [0.25, 0.3) is 5.56 Å². The molecule has 0 amide bonds. The number of rotatable bonds is 11. The minimum atomic E-state index is -1.26. The third-order valence-corrected chi connectivity index (χ3v) is 9.97.